The van der Waals surface area contributed by atoms with Crippen molar-refractivity contribution in [2.24, 2.45) is 0 Å². The minimum absolute atomic E-state index is 0.351. The van der Waals surface area contributed by atoms with E-state index >= 15 is 0 Å². The quantitative estimate of drug-likeness (QED) is 0.525. The highest BCUT2D eigenvalue weighted by molar-refractivity contribution is 7.90. The first kappa shape index (κ1) is 17.1. The van der Waals surface area contributed by atoms with E-state index in [1.807, 2.05) is 44.2 Å². The van der Waals surface area contributed by atoms with Gasteiger partial charge in [0.15, 0.2) is 9.84 Å². The molecule has 4 aromatic rings. The van der Waals surface area contributed by atoms with Crippen LogP contribution in [0.1, 0.15) is 11.3 Å². The van der Waals surface area contributed by atoms with Crippen LogP contribution >= 0.6 is 11.6 Å². The van der Waals surface area contributed by atoms with Crippen LogP contribution in [0, 0.1) is 13.8 Å². The molecule has 0 radical (unpaired) electrons. The van der Waals surface area contributed by atoms with Gasteiger partial charge < -0.3 is 4.98 Å². The summed E-state index contributed by atoms with van der Waals surface area (Å²) in [5.41, 5.74) is 5.45. The second-order valence-corrected chi connectivity index (χ2v) is 9.00. The third kappa shape index (κ3) is 2.68. The molecule has 0 saturated heterocycles. The average molecular weight is 385 g/mol. The second-order valence-electron chi connectivity index (χ2n) is 6.58. The molecule has 0 aliphatic heterocycles. The lowest BCUT2D eigenvalue weighted by molar-refractivity contribution is 0.601. The maximum atomic E-state index is 12.0. The van der Waals surface area contributed by atoms with Gasteiger partial charge >= 0.3 is 0 Å². The molecule has 4 rings (SSSR count). The monoisotopic (exact) mass is 384 g/mol. The van der Waals surface area contributed by atoms with Gasteiger partial charge in [0, 0.05) is 45.0 Å². The molecule has 2 heterocycles. The van der Waals surface area contributed by atoms with Crippen LogP contribution in [0.15, 0.2) is 47.5 Å². The standard InChI is InChI=1S/C20H17ClN2O2S/c1-11-8-16-18(10-19(11)26(3,24)25)23-12(2)20(16)15-6-7-22-17-9-13(21)4-5-14(15)17/h4-10,23H,1-3H3. The Balaban J connectivity index is 2.07. The number of H-pyrrole nitrogens is 1. The first-order valence-corrected chi connectivity index (χ1v) is 10.4. The van der Waals surface area contributed by atoms with Crippen LogP contribution in [-0.2, 0) is 9.84 Å². The molecule has 0 aliphatic rings. The number of fused-ring (bicyclic) bond motifs is 2. The Morgan fingerprint density at radius 1 is 1.04 bits per heavy atom. The molecular weight excluding hydrogens is 368 g/mol. The first-order valence-electron chi connectivity index (χ1n) is 8.13. The molecule has 132 valence electrons. The van der Waals surface area contributed by atoms with Crippen molar-refractivity contribution in [1.82, 2.24) is 9.97 Å². The zero-order chi connectivity index (χ0) is 18.6. The Bertz CT molecular complexity index is 1290. The fourth-order valence-electron chi connectivity index (χ4n) is 3.55. The summed E-state index contributed by atoms with van der Waals surface area (Å²) in [6.07, 6.45) is 3.00. The van der Waals surface area contributed by atoms with Crippen LogP contribution in [0.3, 0.4) is 0 Å². The number of pyridine rings is 1. The lowest BCUT2D eigenvalue weighted by Gasteiger charge is -2.08. The Morgan fingerprint density at radius 2 is 1.81 bits per heavy atom. The van der Waals surface area contributed by atoms with Crippen molar-refractivity contribution in [2.45, 2.75) is 18.7 Å². The molecule has 0 saturated carbocycles. The molecule has 6 heteroatoms. The van der Waals surface area contributed by atoms with Crippen LogP contribution in [0.25, 0.3) is 32.9 Å². The van der Waals surface area contributed by atoms with Crippen molar-refractivity contribution in [3.63, 3.8) is 0 Å². The van der Waals surface area contributed by atoms with Crippen molar-refractivity contribution in [1.29, 1.82) is 0 Å². The van der Waals surface area contributed by atoms with E-state index in [9.17, 15) is 8.42 Å². The smallest absolute Gasteiger partial charge is 0.175 e. The minimum Gasteiger partial charge on any atom is -0.358 e. The Hall–Kier alpha value is -2.37. The van der Waals surface area contributed by atoms with Gasteiger partial charge in [-0.3, -0.25) is 4.98 Å². The number of sulfone groups is 1. The van der Waals surface area contributed by atoms with Gasteiger partial charge in [-0.2, -0.15) is 0 Å². The molecule has 4 nitrogen and oxygen atoms in total. The highest BCUT2D eigenvalue weighted by atomic mass is 35.5. The molecule has 0 bridgehead atoms. The van der Waals surface area contributed by atoms with Gasteiger partial charge in [0.05, 0.1) is 10.4 Å². The Labute approximate surface area is 156 Å². The van der Waals surface area contributed by atoms with Crippen LogP contribution in [0.5, 0.6) is 0 Å². The molecule has 0 spiro atoms. The topological polar surface area (TPSA) is 62.8 Å². The Morgan fingerprint density at radius 3 is 2.54 bits per heavy atom. The Kier molecular flexibility index (Phi) is 3.82. The predicted octanol–water partition coefficient (Wildman–Crippen LogP) is 5.06. The van der Waals surface area contributed by atoms with Gasteiger partial charge in [-0.05, 0) is 55.3 Å². The van der Waals surface area contributed by atoms with E-state index in [1.54, 1.807) is 12.3 Å². The summed E-state index contributed by atoms with van der Waals surface area (Å²) in [5.74, 6) is 0. The average Bonchev–Trinajstić information content (AvgIpc) is 2.87. The summed E-state index contributed by atoms with van der Waals surface area (Å²) in [7, 11) is -3.28. The van der Waals surface area contributed by atoms with Gasteiger partial charge in [0.1, 0.15) is 0 Å². The number of nitrogens with zero attached hydrogens (tertiary/aromatic N) is 1. The van der Waals surface area contributed by atoms with Crippen LogP contribution in [0.4, 0.5) is 0 Å². The van der Waals surface area contributed by atoms with Gasteiger partial charge in [-0.15, -0.1) is 0 Å². The molecule has 2 aromatic heterocycles. The third-order valence-corrected chi connectivity index (χ3v) is 6.13. The largest absolute Gasteiger partial charge is 0.358 e. The van der Waals surface area contributed by atoms with Crippen LogP contribution in [0.2, 0.25) is 5.02 Å². The molecule has 26 heavy (non-hydrogen) atoms. The van der Waals surface area contributed by atoms with E-state index in [0.717, 1.165) is 44.2 Å². The summed E-state index contributed by atoms with van der Waals surface area (Å²) in [6.45, 7) is 3.82. The van der Waals surface area contributed by atoms with Crippen molar-refractivity contribution in [3.05, 3.63) is 58.9 Å². The van der Waals surface area contributed by atoms with E-state index in [1.165, 1.54) is 6.26 Å². The highest BCUT2D eigenvalue weighted by Crippen LogP contribution is 2.38. The van der Waals surface area contributed by atoms with E-state index in [4.69, 9.17) is 11.6 Å². The molecule has 0 unspecified atom stereocenters. The van der Waals surface area contributed by atoms with E-state index in [0.29, 0.717) is 9.92 Å². The molecular formula is C20H17ClN2O2S. The number of hydrogen-bond donors (Lipinski definition) is 1. The summed E-state index contributed by atoms with van der Waals surface area (Å²) in [6, 6.07) is 11.3. The fourth-order valence-corrected chi connectivity index (χ4v) is 4.69. The summed E-state index contributed by atoms with van der Waals surface area (Å²) < 4.78 is 24.1. The number of hydrogen-bond acceptors (Lipinski definition) is 3. The number of halogens is 1. The first-order chi connectivity index (χ1) is 12.3. The van der Waals surface area contributed by atoms with E-state index in [2.05, 4.69) is 9.97 Å². The highest BCUT2D eigenvalue weighted by Gasteiger charge is 2.18. The van der Waals surface area contributed by atoms with E-state index < -0.39 is 9.84 Å². The zero-order valence-electron chi connectivity index (χ0n) is 14.6. The third-order valence-electron chi connectivity index (χ3n) is 4.66. The number of nitrogens with one attached hydrogen (secondary N) is 1. The maximum absolute atomic E-state index is 12.0. The van der Waals surface area contributed by atoms with Gasteiger partial charge in [0.25, 0.3) is 0 Å². The number of aryl methyl sites for hydroxylation is 2. The van der Waals surface area contributed by atoms with Crippen molar-refractivity contribution >= 4 is 43.2 Å². The summed E-state index contributed by atoms with van der Waals surface area (Å²) >= 11 is 6.10. The molecule has 1 N–H and O–H groups in total. The van der Waals surface area contributed by atoms with E-state index in [-0.39, 0.29) is 0 Å². The number of rotatable bonds is 2. The van der Waals surface area contributed by atoms with Gasteiger partial charge in [-0.25, -0.2) is 8.42 Å². The number of aromatic nitrogens is 2. The summed E-state index contributed by atoms with van der Waals surface area (Å²) in [5, 5.41) is 2.65. The van der Waals surface area contributed by atoms with Gasteiger partial charge in [0.2, 0.25) is 0 Å². The fraction of sp³-hybridized carbons (Fsp3) is 0.150. The SMILES string of the molecule is Cc1cc2c(-c3ccnc4cc(Cl)ccc34)c(C)[nH]c2cc1S(C)(=O)=O. The normalized spacial score (nSPS) is 12.2. The van der Waals surface area contributed by atoms with Crippen molar-refractivity contribution < 1.29 is 8.42 Å². The molecule has 0 fully saturated rings. The predicted molar refractivity (Wildman–Crippen MR) is 107 cm³/mol. The van der Waals surface area contributed by atoms with Gasteiger partial charge in [-0.1, -0.05) is 17.7 Å². The van der Waals surface area contributed by atoms with Crippen LogP contribution in [-0.4, -0.2) is 24.6 Å². The maximum Gasteiger partial charge on any atom is 0.175 e. The lowest BCUT2D eigenvalue weighted by Crippen LogP contribution is -1.99. The number of aromatic amines is 1. The molecule has 0 aliphatic carbocycles. The van der Waals surface area contributed by atoms with Crippen molar-refractivity contribution in [3.8, 4) is 11.1 Å². The number of benzene rings is 2. The molecule has 2 aromatic carbocycles. The molecule has 0 amide bonds. The van der Waals surface area contributed by atoms with Crippen LogP contribution < -0.4 is 0 Å². The van der Waals surface area contributed by atoms with Crippen molar-refractivity contribution in [2.75, 3.05) is 6.26 Å². The second kappa shape index (κ2) is 5.83. The molecule has 0 atom stereocenters. The zero-order valence-corrected chi connectivity index (χ0v) is 16.2. The minimum atomic E-state index is -3.28. The summed E-state index contributed by atoms with van der Waals surface area (Å²) in [4.78, 5) is 8.09. The lowest BCUT2D eigenvalue weighted by atomic mass is 9.98.